The van der Waals surface area contributed by atoms with Gasteiger partial charge in [0.25, 0.3) is 10.0 Å². The Morgan fingerprint density at radius 3 is 2.95 bits per heavy atom. The molecule has 1 aromatic carbocycles. The molecule has 0 atom stereocenters. The molecule has 106 valence electrons. The van der Waals surface area contributed by atoms with E-state index in [1.165, 1.54) is 0 Å². The maximum Gasteiger partial charge on any atom is 0.293 e. The van der Waals surface area contributed by atoms with Crippen LogP contribution < -0.4 is 5.32 Å². The van der Waals surface area contributed by atoms with Crippen LogP contribution in [0.3, 0.4) is 0 Å². The van der Waals surface area contributed by atoms with Crippen LogP contribution in [0.4, 0.5) is 0 Å². The normalized spacial score (nSPS) is 16.9. The van der Waals surface area contributed by atoms with Gasteiger partial charge in [0.2, 0.25) is 10.2 Å². The molecule has 2 heterocycles. The van der Waals surface area contributed by atoms with Crippen molar-refractivity contribution in [2.75, 3.05) is 19.6 Å². The summed E-state index contributed by atoms with van der Waals surface area (Å²) in [5.74, 6) is -0.464. The van der Waals surface area contributed by atoms with E-state index in [1.54, 1.807) is 18.2 Å². The van der Waals surface area contributed by atoms with Crippen molar-refractivity contribution < 1.29 is 13.2 Å². The first-order chi connectivity index (χ1) is 9.48. The van der Waals surface area contributed by atoms with Crippen LogP contribution >= 0.6 is 22.9 Å². The molecule has 1 saturated heterocycles. The summed E-state index contributed by atoms with van der Waals surface area (Å²) in [7, 11) is -3.88. The first-order valence-electron chi connectivity index (χ1n) is 5.81. The Labute approximate surface area is 124 Å². The molecule has 3 rings (SSSR count). The smallest absolute Gasteiger partial charge is 0.293 e. The average Bonchev–Trinajstić information content (AvgIpc) is 2.82. The van der Waals surface area contributed by atoms with Crippen molar-refractivity contribution in [3.8, 4) is 0 Å². The fourth-order valence-electron chi connectivity index (χ4n) is 1.93. The highest BCUT2D eigenvalue weighted by atomic mass is 35.5. The highest BCUT2D eigenvalue weighted by molar-refractivity contribution is 7.91. The van der Waals surface area contributed by atoms with Crippen LogP contribution in [0.15, 0.2) is 22.5 Å². The SMILES string of the molecule is O=C1CNCCN1S(=O)(=O)c1nc2cc(Cl)ccc2s1. The number of nitrogens with one attached hydrogen (secondary N) is 1. The summed E-state index contributed by atoms with van der Waals surface area (Å²) in [6.07, 6.45) is 0. The Hall–Kier alpha value is -1.22. The lowest BCUT2D eigenvalue weighted by Crippen LogP contribution is -2.50. The van der Waals surface area contributed by atoms with Gasteiger partial charge in [-0.25, -0.2) is 9.29 Å². The number of benzene rings is 1. The van der Waals surface area contributed by atoms with Crippen molar-refractivity contribution in [2.24, 2.45) is 0 Å². The number of amides is 1. The number of hydrogen-bond donors (Lipinski definition) is 1. The van der Waals surface area contributed by atoms with Crippen molar-refractivity contribution in [1.29, 1.82) is 0 Å². The van der Waals surface area contributed by atoms with Gasteiger partial charge in [0.1, 0.15) is 0 Å². The lowest BCUT2D eigenvalue weighted by atomic mass is 10.3. The number of piperazine rings is 1. The van der Waals surface area contributed by atoms with Gasteiger partial charge < -0.3 is 5.32 Å². The van der Waals surface area contributed by atoms with E-state index in [9.17, 15) is 13.2 Å². The maximum absolute atomic E-state index is 12.4. The predicted octanol–water partition coefficient (Wildman–Crippen LogP) is 1.07. The zero-order valence-corrected chi connectivity index (χ0v) is 12.6. The van der Waals surface area contributed by atoms with Gasteiger partial charge in [-0.3, -0.25) is 4.79 Å². The lowest BCUT2D eigenvalue weighted by molar-refractivity contribution is -0.126. The Morgan fingerprint density at radius 1 is 1.40 bits per heavy atom. The maximum atomic E-state index is 12.4. The van der Waals surface area contributed by atoms with Gasteiger partial charge >= 0.3 is 0 Å². The molecule has 1 N–H and O–H groups in total. The number of thiazole rings is 1. The van der Waals surface area contributed by atoms with E-state index in [2.05, 4.69) is 10.3 Å². The van der Waals surface area contributed by atoms with Gasteiger partial charge in [0.15, 0.2) is 0 Å². The van der Waals surface area contributed by atoms with Gasteiger partial charge in [-0.05, 0) is 18.2 Å². The highest BCUT2D eigenvalue weighted by Gasteiger charge is 2.33. The Morgan fingerprint density at radius 2 is 2.20 bits per heavy atom. The quantitative estimate of drug-likeness (QED) is 0.890. The first-order valence-corrected chi connectivity index (χ1v) is 8.44. The summed E-state index contributed by atoms with van der Waals surface area (Å²) in [6, 6.07) is 4.99. The molecule has 0 saturated carbocycles. The second-order valence-corrected chi connectivity index (χ2v) is 7.74. The summed E-state index contributed by atoms with van der Waals surface area (Å²) in [4.78, 5) is 15.8. The number of sulfonamides is 1. The molecule has 2 aromatic rings. The van der Waals surface area contributed by atoms with Gasteiger partial charge in [0, 0.05) is 18.1 Å². The second kappa shape index (κ2) is 4.96. The number of carbonyl (C=O) groups excluding carboxylic acids is 1. The summed E-state index contributed by atoms with van der Waals surface area (Å²) in [5, 5.41) is 3.32. The topological polar surface area (TPSA) is 79.4 Å². The number of hydrogen-bond acceptors (Lipinski definition) is 6. The third-order valence-corrected chi connectivity index (χ3v) is 6.33. The van der Waals surface area contributed by atoms with E-state index in [4.69, 9.17) is 11.6 Å². The molecule has 20 heavy (non-hydrogen) atoms. The van der Waals surface area contributed by atoms with Gasteiger partial charge in [-0.1, -0.05) is 11.6 Å². The Bertz CT molecular complexity index is 787. The van der Waals surface area contributed by atoms with E-state index >= 15 is 0 Å². The van der Waals surface area contributed by atoms with Gasteiger partial charge in [-0.15, -0.1) is 11.3 Å². The minimum absolute atomic E-state index is 0.0238. The van der Waals surface area contributed by atoms with Crippen LogP contribution in [-0.2, 0) is 14.8 Å². The zero-order valence-electron chi connectivity index (χ0n) is 10.2. The van der Waals surface area contributed by atoms with E-state index in [1.807, 2.05) is 0 Å². The number of fused-ring (bicyclic) bond motifs is 1. The molecule has 0 spiro atoms. The molecule has 0 aliphatic carbocycles. The molecule has 0 unspecified atom stereocenters. The second-order valence-electron chi connectivity index (χ2n) is 4.24. The number of carbonyl (C=O) groups is 1. The molecule has 9 heteroatoms. The molecule has 0 radical (unpaired) electrons. The lowest BCUT2D eigenvalue weighted by Gasteiger charge is -2.25. The van der Waals surface area contributed by atoms with E-state index in [0.29, 0.717) is 17.1 Å². The van der Waals surface area contributed by atoms with Crippen LogP contribution in [0.2, 0.25) is 5.02 Å². The van der Waals surface area contributed by atoms with Crippen molar-refractivity contribution in [2.45, 2.75) is 4.34 Å². The number of aromatic nitrogens is 1. The van der Waals surface area contributed by atoms with Crippen LogP contribution in [0, 0.1) is 0 Å². The summed E-state index contributed by atoms with van der Waals surface area (Å²) in [5.41, 5.74) is 0.517. The Balaban J connectivity index is 2.06. The minimum Gasteiger partial charge on any atom is -0.307 e. The highest BCUT2D eigenvalue weighted by Crippen LogP contribution is 2.29. The first kappa shape index (κ1) is 13.7. The molecular weight excluding hydrogens is 322 g/mol. The third kappa shape index (κ3) is 2.28. The largest absolute Gasteiger partial charge is 0.307 e. The summed E-state index contributed by atoms with van der Waals surface area (Å²) < 4.78 is 26.4. The van der Waals surface area contributed by atoms with Crippen molar-refractivity contribution >= 4 is 49.1 Å². The van der Waals surface area contributed by atoms with E-state index in [-0.39, 0.29) is 17.4 Å². The van der Waals surface area contributed by atoms with Gasteiger partial charge in [0.05, 0.1) is 16.8 Å². The van der Waals surface area contributed by atoms with Gasteiger partial charge in [-0.2, -0.15) is 8.42 Å². The fraction of sp³-hybridized carbons (Fsp3) is 0.273. The molecule has 1 amide bonds. The number of nitrogens with zero attached hydrogens (tertiary/aromatic N) is 2. The number of halogens is 1. The van der Waals surface area contributed by atoms with Crippen LogP contribution in [-0.4, -0.2) is 43.2 Å². The minimum atomic E-state index is -3.88. The summed E-state index contributed by atoms with van der Waals surface area (Å²) in [6.45, 7) is 0.593. The standard InChI is InChI=1S/C11H10ClN3O3S2/c12-7-1-2-9-8(5-7)14-11(19-9)20(17,18)15-4-3-13-6-10(15)16/h1-2,5,13H,3-4,6H2. The summed E-state index contributed by atoms with van der Waals surface area (Å²) >= 11 is 6.89. The third-order valence-electron chi connectivity index (χ3n) is 2.89. The van der Waals surface area contributed by atoms with Crippen molar-refractivity contribution in [1.82, 2.24) is 14.6 Å². The van der Waals surface area contributed by atoms with Crippen LogP contribution in [0.1, 0.15) is 0 Å². The van der Waals surface area contributed by atoms with Crippen LogP contribution in [0.5, 0.6) is 0 Å². The van der Waals surface area contributed by atoms with E-state index in [0.717, 1.165) is 20.3 Å². The number of rotatable bonds is 2. The van der Waals surface area contributed by atoms with Crippen LogP contribution in [0.25, 0.3) is 10.2 Å². The molecule has 1 aromatic heterocycles. The van der Waals surface area contributed by atoms with Crippen molar-refractivity contribution in [3.63, 3.8) is 0 Å². The van der Waals surface area contributed by atoms with E-state index < -0.39 is 15.9 Å². The average molecular weight is 332 g/mol. The molecular formula is C11H10ClN3O3S2. The predicted molar refractivity (Wildman–Crippen MR) is 76.4 cm³/mol. The molecule has 1 fully saturated rings. The zero-order chi connectivity index (χ0) is 14.3. The molecule has 1 aliphatic rings. The molecule has 6 nitrogen and oxygen atoms in total. The Kier molecular flexibility index (Phi) is 3.41. The fourth-order valence-corrected chi connectivity index (χ4v) is 4.80. The molecule has 1 aliphatic heterocycles. The van der Waals surface area contributed by atoms with Crippen molar-refractivity contribution in [3.05, 3.63) is 23.2 Å². The monoisotopic (exact) mass is 331 g/mol. The molecule has 0 bridgehead atoms.